The van der Waals surface area contributed by atoms with E-state index in [1.165, 1.54) is 0 Å². The predicted molar refractivity (Wildman–Crippen MR) is 74.6 cm³/mol. The van der Waals surface area contributed by atoms with Crippen molar-refractivity contribution in [1.82, 2.24) is 0 Å². The van der Waals surface area contributed by atoms with Crippen molar-refractivity contribution in [2.75, 3.05) is 5.32 Å². The van der Waals surface area contributed by atoms with Gasteiger partial charge in [0.2, 0.25) is 5.91 Å². The first kappa shape index (κ1) is 11.8. The standard InChI is InChI=1S/C16H15NO2/c1-11-4-2-3-5-15(11)19-13-7-8-14-12(10-13)6-9-16(18)17-14/h2-5,7-8,10H,6,9H2,1H3,(H,17,18). The first-order chi connectivity index (χ1) is 9.22. The van der Waals surface area contributed by atoms with Crippen LogP contribution in [0.1, 0.15) is 17.5 Å². The molecule has 1 aliphatic rings. The van der Waals surface area contributed by atoms with Crippen LogP contribution in [-0.2, 0) is 11.2 Å². The van der Waals surface area contributed by atoms with Gasteiger partial charge in [0.15, 0.2) is 0 Å². The molecule has 0 aromatic heterocycles. The van der Waals surface area contributed by atoms with Gasteiger partial charge in [-0.2, -0.15) is 0 Å². The van der Waals surface area contributed by atoms with Gasteiger partial charge < -0.3 is 10.1 Å². The molecule has 3 heteroatoms. The Morgan fingerprint density at radius 2 is 1.95 bits per heavy atom. The van der Waals surface area contributed by atoms with E-state index in [1.807, 2.05) is 49.4 Å². The smallest absolute Gasteiger partial charge is 0.224 e. The van der Waals surface area contributed by atoms with Gasteiger partial charge in [-0.05, 0) is 48.7 Å². The summed E-state index contributed by atoms with van der Waals surface area (Å²) in [5.41, 5.74) is 3.13. The van der Waals surface area contributed by atoms with Crippen molar-refractivity contribution in [2.24, 2.45) is 0 Å². The second kappa shape index (κ2) is 4.76. The first-order valence-corrected chi connectivity index (χ1v) is 6.38. The van der Waals surface area contributed by atoms with Gasteiger partial charge in [-0.3, -0.25) is 4.79 Å². The number of hydrogen-bond donors (Lipinski definition) is 1. The minimum Gasteiger partial charge on any atom is -0.457 e. The maximum Gasteiger partial charge on any atom is 0.224 e. The third kappa shape index (κ3) is 2.45. The monoisotopic (exact) mass is 253 g/mol. The largest absolute Gasteiger partial charge is 0.457 e. The molecule has 2 aromatic carbocycles. The normalized spacial score (nSPS) is 13.6. The van der Waals surface area contributed by atoms with E-state index in [-0.39, 0.29) is 5.91 Å². The molecule has 19 heavy (non-hydrogen) atoms. The van der Waals surface area contributed by atoms with Crippen LogP contribution in [0.5, 0.6) is 11.5 Å². The van der Waals surface area contributed by atoms with E-state index in [0.717, 1.165) is 34.7 Å². The van der Waals surface area contributed by atoms with Crippen LogP contribution in [0.2, 0.25) is 0 Å². The number of para-hydroxylation sites is 1. The maximum atomic E-state index is 11.3. The SMILES string of the molecule is Cc1ccccc1Oc1ccc2c(c1)CCC(=O)N2. The van der Waals surface area contributed by atoms with Gasteiger partial charge in [0.25, 0.3) is 0 Å². The number of anilines is 1. The third-order valence-corrected chi connectivity index (χ3v) is 3.29. The molecule has 0 aliphatic carbocycles. The van der Waals surface area contributed by atoms with Gasteiger partial charge in [-0.1, -0.05) is 18.2 Å². The van der Waals surface area contributed by atoms with Crippen LogP contribution in [0.15, 0.2) is 42.5 Å². The Kier molecular flexibility index (Phi) is 2.95. The average molecular weight is 253 g/mol. The number of hydrogen-bond acceptors (Lipinski definition) is 2. The lowest BCUT2D eigenvalue weighted by Crippen LogP contribution is -2.18. The zero-order valence-corrected chi connectivity index (χ0v) is 10.8. The summed E-state index contributed by atoms with van der Waals surface area (Å²) < 4.78 is 5.89. The average Bonchev–Trinajstić information content (AvgIpc) is 2.41. The molecule has 1 amide bonds. The molecule has 3 nitrogen and oxygen atoms in total. The summed E-state index contributed by atoms with van der Waals surface area (Å²) in [7, 11) is 0. The topological polar surface area (TPSA) is 38.3 Å². The molecule has 1 N–H and O–H groups in total. The van der Waals surface area contributed by atoms with Gasteiger partial charge in [0.05, 0.1) is 0 Å². The molecule has 0 spiro atoms. The van der Waals surface area contributed by atoms with Crippen molar-refractivity contribution in [3.8, 4) is 11.5 Å². The molecule has 2 aromatic rings. The van der Waals surface area contributed by atoms with E-state index in [9.17, 15) is 4.79 Å². The molecule has 1 aliphatic heterocycles. The Labute approximate surface area is 112 Å². The molecule has 0 saturated carbocycles. The summed E-state index contributed by atoms with van der Waals surface area (Å²) in [6.45, 7) is 2.02. The number of ether oxygens (including phenoxy) is 1. The summed E-state index contributed by atoms with van der Waals surface area (Å²) in [5, 5.41) is 2.87. The molecule has 0 bridgehead atoms. The van der Waals surface area contributed by atoms with Crippen molar-refractivity contribution in [1.29, 1.82) is 0 Å². The molecule has 0 radical (unpaired) electrons. The van der Waals surface area contributed by atoms with Gasteiger partial charge >= 0.3 is 0 Å². The minimum atomic E-state index is 0.0834. The Hall–Kier alpha value is -2.29. The molecule has 0 fully saturated rings. The van der Waals surface area contributed by atoms with E-state index < -0.39 is 0 Å². The number of carbonyl (C=O) groups is 1. The molecule has 0 atom stereocenters. The number of nitrogens with one attached hydrogen (secondary N) is 1. The van der Waals surface area contributed by atoms with Crippen LogP contribution in [0, 0.1) is 6.92 Å². The van der Waals surface area contributed by atoms with Crippen LogP contribution < -0.4 is 10.1 Å². The molecule has 96 valence electrons. The zero-order chi connectivity index (χ0) is 13.2. The summed E-state index contributed by atoms with van der Waals surface area (Å²) in [6.07, 6.45) is 1.31. The fourth-order valence-electron chi connectivity index (χ4n) is 2.22. The number of fused-ring (bicyclic) bond motifs is 1. The predicted octanol–water partition coefficient (Wildman–Crippen LogP) is 3.67. The summed E-state index contributed by atoms with van der Waals surface area (Å²) in [4.78, 5) is 11.3. The molecule has 1 heterocycles. The summed E-state index contributed by atoms with van der Waals surface area (Å²) in [6, 6.07) is 13.7. The number of rotatable bonds is 2. The van der Waals surface area contributed by atoms with Gasteiger partial charge in [0.1, 0.15) is 11.5 Å². The van der Waals surface area contributed by atoms with Gasteiger partial charge in [-0.25, -0.2) is 0 Å². The van der Waals surface area contributed by atoms with Crippen molar-refractivity contribution in [2.45, 2.75) is 19.8 Å². The molecule has 0 saturated heterocycles. The Morgan fingerprint density at radius 1 is 1.11 bits per heavy atom. The second-order valence-electron chi connectivity index (χ2n) is 4.73. The van der Waals surface area contributed by atoms with Crippen molar-refractivity contribution >= 4 is 11.6 Å². The van der Waals surface area contributed by atoms with E-state index in [0.29, 0.717) is 6.42 Å². The second-order valence-corrected chi connectivity index (χ2v) is 4.73. The van der Waals surface area contributed by atoms with E-state index in [2.05, 4.69) is 5.32 Å². The number of carbonyl (C=O) groups excluding carboxylic acids is 1. The molecular weight excluding hydrogens is 238 g/mol. The quantitative estimate of drug-likeness (QED) is 0.886. The van der Waals surface area contributed by atoms with Crippen molar-refractivity contribution in [3.05, 3.63) is 53.6 Å². The van der Waals surface area contributed by atoms with Crippen LogP contribution in [0.4, 0.5) is 5.69 Å². The fourth-order valence-corrected chi connectivity index (χ4v) is 2.22. The minimum absolute atomic E-state index is 0.0834. The highest BCUT2D eigenvalue weighted by Gasteiger charge is 2.15. The fraction of sp³-hybridized carbons (Fsp3) is 0.188. The van der Waals surface area contributed by atoms with Gasteiger partial charge in [-0.15, -0.1) is 0 Å². The van der Waals surface area contributed by atoms with E-state index >= 15 is 0 Å². The zero-order valence-electron chi connectivity index (χ0n) is 10.8. The Morgan fingerprint density at radius 3 is 2.79 bits per heavy atom. The van der Waals surface area contributed by atoms with Crippen LogP contribution in [0.25, 0.3) is 0 Å². The number of benzene rings is 2. The maximum absolute atomic E-state index is 11.3. The lowest BCUT2D eigenvalue weighted by molar-refractivity contribution is -0.116. The highest BCUT2D eigenvalue weighted by molar-refractivity contribution is 5.94. The third-order valence-electron chi connectivity index (χ3n) is 3.29. The molecule has 0 unspecified atom stereocenters. The van der Waals surface area contributed by atoms with E-state index in [1.54, 1.807) is 0 Å². The first-order valence-electron chi connectivity index (χ1n) is 6.38. The number of aryl methyl sites for hydroxylation is 2. The van der Waals surface area contributed by atoms with Crippen molar-refractivity contribution in [3.63, 3.8) is 0 Å². The van der Waals surface area contributed by atoms with Gasteiger partial charge in [0, 0.05) is 12.1 Å². The lowest BCUT2D eigenvalue weighted by atomic mass is 10.0. The summed E-state index contributed by atoms with van der Waals surface area (Å²) in [5.74, 6) is 1.76. The molecular formula is C16H15NO2. The molecule has 3 rings (SSSR count). The number of amides is 1. The highest BCUT2D eigenvalue weighted by Crippen LogP contribution is 2.30. The van der Waals surface area contributed by atoms with Crippen LogP contribution in [0.3, 0.4) is 0 Å². The lowest BCUT2D eigenvalue weighted by Gasteiger charge is -2.18. The Bertz CT molecular complexity index is 634. The van der Waals surface area contributed by atoms with Crippen LogP contribution in [-0.4, -0.2) is 5.91 Å². The van der Waals surface area contributed by atoms with Crippen LogP contribution >= 0.6 is 0 Å². The van der Waals surface area contributed by atoms with Crippen molar-refractivity contribution < 1.29 is 9.53 Å². The highest BCUT2D eigenvalue weighted by atomic mass is 16.5. The Balaban J connectivity index is 1.87. The summed E-state index contributed by atoms with van der Waals surface area (Å²) >= 11 is 0. The van der Waals surface area contributed by atoms with E-state index in [4.69, 9.17) is 4.74 Å².